The smallest absolute Gasteiger partial charge is 0.329 e. The van der Waals surface area contributed by atoms with Gasteiger partial charge in [-0.3, -0.25) is 4.79 Å². The van der Waals surface area contributed by atoms with Crippen LogP contribution < -0.4 is 5.32 Å². The summed E-state index contributed by atoms with van der Waals surface area (Å²) in [6.07, 6.45) is 4.33. The van der Waals surface area contributed by atoms with Crippen LogP contribution >= 0.6 is 0 Å². The van der Waals surface area contributed by atoms with Gasteiger partial charge in [0, 0.05) is 0 Å². The van der Waals surface area contributed by atoms with E-state index >= 15 is 0 Å². The number of carbonyl (C=O) groups is 2. The molecule has 0 aromatic carbocycles. The molecule has 0 bridgehead atoms. The molecule has 1 amide bonds. The molecule has 2 N–H and O–H groups in total. The van der Waals surface area contributed by atoms with Gasteiger partial charge in [0.1, 0.15) is 5.54 Å². The highest BCUT2D eigenvalue weighted by molar-refractivity contribution is 5.92. The lowest BCUT2D eigenvalue weighted by Gasteiger charge is -2.39. The Balaban J connectivity index is 2.90. The van der Waals surface area contributed by atoms with Crippen molar-refractivity contribution in [1.29, 1.82) is 0 Å². The van der Waals surface area contributed by atoms with Crippen molar-refractivity contribution in [2.24, 2.45) is 5.92 Å². The van der Waals surface area contributed by atoms with Gasteiger partial charge in [-0.1, -0.05) is 26.3 Å². The molecule has 0 aliphatic heterocycles. The summed E-state index contributed by atoms with van der Waals surface area (Å²) in [5.41, 5.74) is -1.09. The predicted molar refractivity (Wildman–Crippen MR) is 56.3 cm³/mol. The molecule has 0 radical (unpaired) electrons. The van der Waals surface area contributed by atoms with Gasteiger partial charge >= 0.3 is 5.97 Å². The number of hydrogen-bond donors (Lipinski definition) is 2. The SMILES string of the molecule is C=CC(=O)NC1(C(=O)O)CCCCC1C. The topological polar surface area (TPSA) is 66.4 Å². The summed E-state index contributed by atoms with van der Waals surface area (Å²) in [4.78, 5) is 22.5. The minimum Gasteiger partial charge on any atom is -0.479 e. The van der Waals surface area contributed by atoms with Crippen molar-refractivity contribution in [1.82, 2.24) is 5.32 Å². The van der Waals surface area contributed by atoms with Crippen LogP contribution in [-0.2, 0) is 9.59 Å². The highest BCUT2D eigenvalue weighted by atomic mass is 16.4. The van der Waals surface area contributed by atoms with Crippen molar-refractivity contribution in [2.45, 2.75) is 38.1 Å². The summed E-state index contributed by atoms with van der Waals surface area (Å²) in [7, 11) is 0. The van der Waals surface area contributed by atoms with E-state index in [0.717, 1.165) is 25.3 Å². The lowest BCUT2D eigenvalue weighted by Crippen LogP contribution is -2.59. The van der Waals surface area contributed by atoms with Gasteiger partial charge in [0.05, 0.1) is 0 Å². The maximum Gasteiger partial charge on any atom is 0.329 e. The first-order chi connectivity index (χ1) is 7.03. The Morgan fingerprint density at radius 3 is 2.67 bits per heavy atom. The highest BCUT2D eigenvalue weighted by Crippen LogP contribution is 2.33. The first kappa shape index (κ1) is 11.8. The summed E-state index contributed by atoms with van der Waals surface area (Å²) >= 11 is 0. The molecule has 4 heteroatoms. The predicted octanol–water partition coefficient (Wildman–Crippen LogP) is 1.32. The van der Waals surface area contributed by atoms with E-state index in [4.69, 9.17) is 0 Å². The van der Waals surface area contributed by atoms with Crippen LogP contribution in [0.2, 0.25) is 0 Å². The number of nitrogens with one attached hydrogen (secondary N) is 1. The molecule has 2 atom stereocenters. The van der Waals surface area contributed by atoms with Crippen molar-refractivity contribution in [3.05, 3.63) is 12.7 Å². The molecule has 4 nitrogen and oxygen atoms in total. The maximum absolute atomic E-state index is 11.3. The lowest BCUT2D eigenvalue weighted by molar-refractivity contribution is -0.151. The molecular weight excluding hydrogens is 194 g/mol. The van der Waals surface area contributed by atoms with E-state index in [2.05, 4.69) is 11.9 Å². The van der Waals surface area contributed by atoms with Gasteiger partial charge in [-0.15, -0.1) is 0 Å². The third-order valence-corrected chi connectivity index (χ3v) is 3.21. The molecule has 0 aromatic rings. The van der Waals surface area contributed by atoms with Crippen molar-refractivity contribution < 1.29 is 14.7 Å². The van der Waals surface area contributed by atoms with Crippen LogP contribution in [0.5, 0.6) is 0 Å². The molecular formula is C11H17NO3. The van der Waals surface area contributed by atoms with Crippen molar-refractivity contribution in [3.8, 4) is 0 Å². The number of carboxylic acids is 1. The first-order valence-electron chi connectivity index (χ1n) is 5.21. The second-order valence-corrected chi connectivity index (χ2v) is 4.12. The zero-order chi connectivity index (χ0) is 11.5. The number of carbonyl (C=O) groups excluding carboxylic acids is 1. The van der Waals surface area contributed by atoms with E-state index in [1.54, 1.807) is 0 Å². The van der Waals surface area contributed by atoms with Crippen molar-refractivity contribution >= 4 is 11.9 Å². The van der Waals surface area contributed by atoms with Crippen LogP contribution in [0.3, 0.4) is 0 Å². The summed E-state index contributed by atoms with van der Waals surface area (Å²) in [5.74, 6) is -1.39. The molecule has 1 aliphatic carbocycles. The average Bonchev–Trinajstić information content (AvgIpc) is 2.21. The lowest BCUT2D eigenvalue weighted by atomic mass is 9.73. The van der Waals surface area contributed by atoms with Crippen molar-refractivity contribution in [2.75, 3.05) is 0 Å². The zero-order valence-electron chi connectivity index (χ0n) is 8.95. The van der Waals surface area contributed by atoms with Gasteiger partial charge in [-0.2, -0.15) is 0 Å². The Kier molecular flexibility index (Phi) is 3.50. The number of amides is 1. The van der Waals surface area contributed by atoms with Gasteiger partial charge in [0.2, 0.25) is 5.91 Å². The number of carboxylic acid groups (broad SMARTS) is 1. The largest absolute Gasteiger partial charge is 0.479 e. The van der Waals surface area contributed by atoms with Crippen LogP contribution in [0.4, 0.5) is 0 Å². The molecule has 1 aliphatic rings. The molecule has 2 unspecified atom stereocenters. The molecule has 1 saturated carbocycles. The van der Waals surface area contributed by atoms with Crippen LogP contribution in [0.25, 0.3) is 0 Å². The number of aliphatic carboxylic acids is 1. The van der Waals surface area contributed by atoms with Crippen LogP contribution in [0, 0.1) is 5.92 Å². The summed E-state index contributed by atoms with van der Waals surface area (Å²) in [6, 6.07) is 0. The standard InChI is InChI=1S/C11H17NO3/c1-3-9(13)12-11(10(14)15)7-5-4-6-8(11)2/h3,8H,1,4-7H2,2H3,(H,12,13)(H,14,15). The Bertz CT molecular complexity index is 288. The minimum absolute atomic E-state index is 0.0346. The molecule has 0 saturated heterocycles. The van der Waals surface area contributed by atoms with Gasteiger partial charge in [0.15, 0.2) is 0 Å². The molecule has 1 fully saturated rings. The van der Waals surface area contributed by atoms with Crippen molar-refractivity contribution in [3.63, 3.8) is 0 Å². The summed E-state index contributed by atoms with van der Waals surface area (Å²) < 4.78 is 0. The van der Waals surface area contributed by atoms with E-state index < -0.39 is 17.4 Å². The van der Waals surface area contributed by atoms with Gasteiger partial charge in [-0.25, -0.2) is 4.79 Å². The normalized spacial score (nSPS) is 30.6. The van der Waals surface area contributed by atoms with Gasteiger partial charge in [0.25, 0.3) is 0 Å². The molecule has 84 valence electrons. The zero-order valence-corrected chi connectivity index (χ0v) is 8.95. The maximum atomic E-state index is 11.3. The fraction of sp³-hybridized carbons (Fsp3) is 0.636. The molecule has 1 rings (SSSR count). The van der Waals surface area contributed by atoms with Crippen LogP contribution in [0.15, 0.2) is 12.7 Å². The first-order valence-corrected chi connectivity index (χ1v) is 5.21. The van der Waals surface area contributed by atoms with E-state index in [0.29, 0.717) is 6.42 Å². The fourth-order valence-corrected chi connectivity index (χ4v) is 2.17. The summed E-state index contributed by atoms with van der Waals surface area (Å²) in [5, 5.41) is 11.8. The molecule has 0 spiro atoms. The van der Waals surface area contributed by atoms with E-state index in [9.17, 15) is 14.7 Å². The molecule has 15 heavy (non-hydrogen) atoms. The van der Waals surface area contributed by atoms with Crippen LogP contribution in [0.1, 0.15) is 32.6 Å². The van der Waals surface area contributed by atoms with E-state index in [1.165, 1.54) is 0 Å². The second kappa shape index (κ2) is 4.47. The molecule has 0 aromatic heterocycles. The number of rotatable bonds is 3. The van der Waals surface area contributed by atoms with E-state index in [1.807, 2.05) is 6.92 Å². The monoisotopic (exact) mass is 211 g/mol. The third kappa shape index (κ3) is 2.19. The Morgan fingerprint density at radius 1 is 1.53 bits per heavy atom. The summed E-state index contributed by atoms with van der Waals surface area (Å²) in [6.45, 7) is 5.21. The Morgan fingerprint density at radius 2 is 2.20 bits per heavy atom. The second-order valence-electron chi connectivity index (χ2n) is 4.12. The third-order valence-electron chi connectivity index (χ3n) is 3.21. The average molecular weight is 211 g/mol. The van der Waals surface area contributed by atoms with Crippen LogP contribution in [-0.4, -0.2) is 22.5 Å². The Hall–Kier alpha value is -1.32. The molecule has 0 heterocycles. The van der Waals surface area contributed by atoms with E-state index in [-0.39, 0.29) is 5.92 Å². The van der Waals surface area contributed by atoms with Gasteiger partial charge < -0.3 is 10.4 Å². The Labute approximate surface area is 89.4 Å². The fourth-order valence-electron chi connectivity index (χ4n) is 2.17. The quantitative estimate of drug-likeness (QED) is 0.692. The number of hydrogen-bond acceptors (Lipinski definition) is 2. The van der Waals surface area contributed by atoms with Gasteiger partial charge in [-0.05, 0) is 24.8 Å². The highest BCUT2D eigenvalue weighted by Gasteiger charge is 2.45. The minimum atomic E-state index is -1.09.